The van der Waals surface area contributed by atoms with Crippen molar-refractivity contribution in [3.8, 4) is 0 Å². The van der Waals surface area contributed by atoms with Crippen LogP contribution in [0.2, 0.25) is 0 Å². The molecule has 0 radical (unpaired) electrons. The zero-order chi connectivity index (χ0) is 18.9. The van der Waals surface area contributed by atoms with Crippen molar-refractivity contribution in [2.75, 3.05) is 25.6 Å². The van der Waals surface area contributed by atoms with Gasteiger partial charge >= 0.3 is 6.09 Å². The molecule has 0 unspecified atom stereocenters. The molecule has 3 N–H and O–H groups in total. The first-order valence-electron chi connectivity index (χ1n) is 7.81. The Balaban J connectivity index is 2.34. The molecular formula is C17H25N3O5. The number of ether oxygens (including phenoxy) is 2. The molecule has 0 heterocycles. The Kier molecular flexibility index (Phi) is 7.87. The van der Waals surface area contributed by atoms with E-state index in [0.29, 0.717) is 12.2 Å². The molecule has 0 aliphatic carbocycles. The number of anilines is 1. The van der Waals surface area contributed by atoms with Crippen LogP contribution >= 0.6 is 0 Å². The van der Waals surface area contributed by atoms with Gasteiger partial charge in [0, 0.05) is 19.3 Å². The van der Waals surface area contributed by atoms with Gasteiger partial charge in [0.25, 0.3) is 0 Å². The van der Waals surface area contributed by atoms with Crippen molar-refractivity contribution in [2.24, 2.45) is 0 Å². The van der Waals surface area contributed by atoms with Crippen molar-refractivity contribution < 1.29 is 23.9 Å². The van der Waals surface area contributed by atoms with Gasteiger partial charge in [-0.3, -0.25) is 9.59 Å². The zero-order valence-corrected chi connectivity index (χ0v) is 15.0. The topological polar surface area (TPSA) is 106 Å². The maximum absolute atomic E-state index is 11.7. The molecular weight excluding hydrogens is 326 g/mol. The van der Waals surface area contributed by atoms with Crippen LogP contribution < -0.4 is 16.0 Å². The summed E-state index contributed by atoms with van der Waals surface area (Å²) >= 11 is 0. The van der Waals surface area contributed by atoms with Crippen LogP contribution in [0.5, 0.6) is 0 Å². The lowest BCUT2D eigenvalue weighted by molar-refractivity contribution is -0.120. The predicted octanol–water partition coefficient (Wildman–Crippen LogP) is 1.41. The fourth-order valence-electron chi connectivity index (χ4n) is 1.76. The Morgan fingerprint density at radius 3 is 2.20 bits per heavy atom. The number of methoxy groups -OCH3 is 1. The predicted molar refractivity (Wildman–Crippen MR) is 93.0 cm³/mol. The van der Waals surface area contributed by atoms with Gasteiger partial charge in [0.1, 0.15) is 18.8 Å². The number of hydrogen-bond acceptors (Lipinski definition) is 5. The molecule has 138 valence electrons. The van der Waals surface area contributed by atoms with Gasteiger partial charge < -0.3 is 25.4 Å². The van der Waals surface area contributed by atoms with Crippen LogP contribution in [0, 0.1) is 0 Å². The molecule has 1 aromatic rings. The van der Waals surface area contributed by atoms with E-state index in [2.05, 4.69) is 16.0 Å². The van der Waals surface area contributed by atoms with E-state index < -0.39 is 11.7 Å². The number of alkyl carbamates (subject to hydrolysis) is 1. The minimum absolute atomic E-state index is 0.0115. The van der Waals surface area contributed by atoms with Crippen molar-refractivity contribution >= 4 is 23.6 Å². The second-order valence-electron chi connectivity index (χ2n) is 6.31. The molecule has 25 heavy (non-hydrogen) atoms. The van der Waals surface area contributed by atoms with Crippen LogP contribution in [0.1, 0.15) is 26.3 Å². The minimum Gasteiger partial charge on any atom is -0.444 e. The Labute approximate surface area is 147 Å². The average Bonchev–Trinajstić information content (AvgIpc) is 2.51. The van der Waals surface area contributed by atoms with E-state index >= 15 is 0 Å². The highest BCUT2D eigenvalue weighted by Gasteiger charge is 2.16. The first-order chi connectivity index (χ1) is 11.7. The number of rotatable bonds is 7. The van der Waals surface area contributed by atoms with E-state index in [-0.39, 0.29) is 25.0 Å². The van der Waals surface area contributed by atoms with E-state index in [9.17, 15) is 14.4 Å². The lowest BCUT2D eigenvalue weighted by atomic mass is 10.2. The largest absolute Gasteiger partial charge is 0.444 e. The molecule has 1 aromatic carbocycles. The van der Waals surface area contributed by atoms with Crippen molar-refractivity contribution in [3.63, 3.8) is 0 Å². The van der Waals surface area contributed by atoms with Crippen LogP contribution in [0.25, 0.3) is 0 Å². The van der Waals surface area contributed by atoms with Gasteiger partial charge in [0.2, 0.25) is 11.8 Å². The van der Waals surface area contributed by atoms with Gasteiger partial charge in [-0.25, -0.2) is 4.79 Å². The maximum atomic E-state index is 11.7. The highest BCUT2D eigenvalue weighted by atomic mass is 16.6. The Morgan fingerprint density at radius 1 is 1.00 bits per heavy atom. The lowest BCUT2D eigenvalue weighted by Crippen LogP contribution is -2.39. The first kappa shape index (κ1) is 20.4. The summed E-state index contributed by atoms with van der Waals surface area (Å²) in [6.45, 7) is 5.36. The van der Waals surface area contributed by atoms with E-state index in [1.54, 1.807) is 45.0 Å². The zero-order valence-electron chi connectivity index (χ0n) is 15.0. The monoisotopic (exact) mass is 351 g/mol. The second kappa shape index (κ2) is 9.63. The van der Waals surface area contributed by atoms with Crippen molar-refractivity contribution in [3.05, 3.63) is 29.8 Å². The molecule has 1 rings (SSSR count). The third-order valence-corrected chi connectivity index (χ3v) is 2.79. The van der Waals surface area contributed by atoms with E-state index in [4.69, 9.17) is 9.47 Å². The van der Waals surface area contributed by atoms with Crippen molar-refractivity contribution in [1.29, 1.82) is 0 Å². The lowest BCUT2D eigenvalue weighted by Gasteiger charge is -2.19. The van der Waals surface area contributed by atoms with Gasteiger partial charge in [0.15, 0.2) is 0 Å². The number of amides is 3. The summed E-state index contributed by atoms with van der Waals surface area (Å²) in [5.41, 5.74) is 0.889. The molecule has 8 nitrogen and oxygen atoms in total. The van der Waals surface area contributed by atoms with E-state index in [0.717, 1.165) is 5.56 Å². The molecule has 0 aliphatic heterocycles. The average molecular weight is 351 g/mol. The van der Waals surface area contributed by atoms with E-state index in [1.165, 1.54) is 7.11 Å². The van der Waals surface area contributed by atoms with Crippen LogP contribution in [-0.4, -0.2) is 43.8 Å². The first-order valence-corrected chi connectivity index (χ1v) is 7.81. The number of carbonyl (C=O) groups excluding carboxylic acids is 3. The van der Waals surface area contributed by atoms with Gasteiger partial charge in [-0.2, -0.15) is 0 Å². The Bertz CT molecular complexity index is 593. The minimum atomic E-state index is -0.640. The summed E-state index contributed by atoms with van der Waals surface area (Å²) in [5.74, 6) is -0.569. The molecule has 0 saturated heterocycles. The fourth-order valence-corrected chi connectivity index (χ4v) is 1.76. The molecule has 0 aliphatic rings. The molecule has 8 heteroatoms. The Morgan fingerprint density at radius 2 is 1.64 bits per heavy atom. The van der Waals surface area contributed by atoms with Gasteiger partial charge in [-0.15, -0.1) is 0 Å². The molecule has 0 saturated carbocycles. The van der Waals surface area contributed by atoms with Gasteiger partial charge in [-0.1, -0.05) is 12.1 Å². The van der Waals surface area contributed by atoms with E-state index in [1.807, 2.05) is 0 Å². The van der Waals surface area contributed by atoms with Crippen molar-refractivity contribution in [1.82, 2.24) is 10.6 Å². The summed E-state index contributed by atoms with van der Waals surface area (Å²) in [4.78, 5) is 34.6. The number of benzene rings is 1. The summed E-state index contributed by atoms with van der Waals surface area (Å²) in [5, 5.41) is 7.74. The van der Waals surface area contributed by atoms with Crippen LogP contribution in [0.15, 0.2) is 24.3 Å². The molecule has 0 atom stereocenters. The smallest absolute Gasteiger partial charge is 0.408 e. The summed E-state index contributed by atoms with van der Waals surface area (Å²) in [6.07, 6.45) is -0.640. The molecule has 0 spiro atoms. The number of hydrogen-bond donors (Lipinski definition) is 3. The van der Waals surface area contributed by atoms with Gasteiger partial charge in [0.05, 0.1) is 0 Å². The number of nitrogens with one attached hydrogen (secondary N) is 3. The maximum Gasteiger partial charge on any atom is 0.408 e. The molecule has 3 amide bonds. The third-order valence-electron chi connectivity index (χ3n) is 2.79. The summed E-state index contributed by atoms with van der Waals surface area (Å²) < 4.78 is 9.77. The standard InChI is InChI=1S/C17H25N3O5/c1-17(2,3)25-16(23)19-10-14(21)18-9-12-5-7-13(8-6-12)20-15(22)11-24-4/h5-8H,9-11H2,1-4H3,(H,18,21)(H,19,23)(H,20,22). The second-order valence-corrected chi connectivity index (χ2v) is 6.31. The SMILES string of the molecule is COCC(=O)Nc1ccc(CNC(=O)CNC(=O)OC(C)(C)C)cc1. The summed E-state index contributed by atoms with van der Waals surface area (Å²) in [6, 6.07) is 7.02. The quantitative estimate of drug-likeness (QED) is 0.689. The molecule has 0 bridgehead atoms. The third kappa shape index (κ3) is 9.31. The highest BCUT2D eigenvalue weighted by molar-refractivity contribution is 5.91. The fraction of sp³-hybridized carbons (Fsp3) is 0.471. The van der Waals surface area contributed by atoms with Crippen LogP contribution in [0.4, 0.5) is 10.5 Å². The van der Waals surface area contributed by atoms with Crippen LogP contribution in [0.3, 0.4) is 0 Å². The summed E-state index contributed by atoms with van der Waals surface area (Å²) in [7, 11) is 1.45. The van der Waals surface area contributed by atoms with Crippen LogP contribution in [-0.2, 0) is 25.6 Å². The molecule has 0 fully saturated rings. The van der Waals surface area contributed by atoms with Gasteiger partial charge in [-0.05, 0) is 38.5 Å². The number of carbonyl (C=O) groups is 3. The Hall–Kier alpha value is -2.61. The normalized spacial score (nSPS) is 10.7. The van der Waals surface area contributed by atoms with Crippen molar-refractivity contribution in [2.45, 2.75) is 32.9 Å². The molecule has 0 aromatic heterocycles. The highest BCUT2D eigenvalue weighted by Crippen LogP contribution is 2.09.